The van der Waals surface area contributed by atoms with Gasteiger partial charge in [0.25, 0.3) is 0 Å². The molecule has 0 bridgehead atoms. The number of hydrogen-bond donors (Lipinski definition) is 1. The van der Waals surface area contributed by atoms with Crippen molar-refractivity contribution < 1.29 is 32.1 Å². The van der Waals surface area contributed by atoms with Crippen molar-refractivity contribution in [2.24, 2.45) is 5.92 Å². The molecular weight excluding hydrogens is 440 g/mol. The summed E-state index contributed by atoms with van der Waals surface area (Å²) in [4.78, 5) is 27.5. The maximum absolute atomic E-state index is 15.1. The van der Waals surface area contributed by atoms with Crippen LogP contribution in [0.1, 0.15) is 32.6 Å². The van der Waals surface area contributed by atoms with Crippen molar-refractivity contribution in [3.05, 3.63) is 22.7 Å². The van der Waals surface area contributed by atoms with Crippen LogP contribution in [-0.2, 0) is 27.7 Å². The highest BCUT2D eigenvalue weighted by Gasteiger charge is 2.54. The van der Waals surface area contributed by atoms with E-state index in [2.05, 4.69) is 4.98 Å². The summed E-state index contributed by atoms with van der Waals surface area (Å²) in [5, 5.41) is -1.39. The molecule has 3 heterocycles. The molecular formula is C17H25FN3O7PS. The number of aromatic nitrogens is 2. The van der Waals surface area contributed by atoms with E-state index < -0.39 is 42.3 Å². The number of nitrogens with two attached hydrogens (primary N) is 1. The smallest absolute Gasteiger partial charge is 0.463 e. The summed E-state index contributed by atoms with van der Waals surface area (Å²) in [5.74, 6) is -0.823. The van der Waals surface area contributed by atoms with Gasteiger partial charge in [0.2, 0.25) is 0 Å². The molecule has 0 radical (unpaired) electrons. The summed E-state index contributed by atoms with van der Waals surface area (Å²) in [6.07, 6.45) is -1.35. The molecule has 2 N–H and O–H groups in total. The molecule has 0 aliphatic carbocycles. The second-order valence-corrected chi connectivity index (χ2v) is 10.4. The summed E-state index contributed by atoms with van der Waals surface area (Å²) >= 11 is 1.13. The highest BCUT2D eigenvalue weighted by atomic mass is 32.2. The van der Waals surface area contributed by atoms with Gasteiger partial charge in [-0.3, -0.25) is 22.9 Å². The van der Waals surface area contributed by atoms with Gasteiger partial charge in [-0.15, -0.1) is 11.8 Å². The van der Waals surface area contributed by atoms with Gasteiger partial charge in [0, 0.05) is 6.20 Å². The van der Waals surface area contributed by atoms with Crippen LogP contribution in [0.15, 0.2) is 17.1 Å². The van der Waals surface area contributed by atoms with E-state index in [1.54, 1.807) is 20.8 Å². The average Bonchev–Trinajstić information content (AvgIpc) is 2.97. The first kappa shape index (κ1) is 23.2. The maximum Gasteiger partial charge on any atom is 0.475 e. The molecule has 168 valence electrons. The molecule has 2 saturated heterocycles. The molecule has 0 aromatic carbocycles. The highest BCUT2D eigenvalue weighted by Crippen LogP contribution is 2.60. The first-order valence-corrected chi connectivity index (χ1v) is 11.9. The van der Waals surface area contributed by atoms with Crippen LogP contribution in [0.3, 0.4) is 0 Å². The first-order valence-electron chi connectivity index (χ1n) is 9.52. The van der Waals surface area contributed by atoms with E-state index >= 15 is 4.39 Å². The fourth-order valence-corrected chi connectivity index (χ4v) is 6.09. The Labute approximate surface area is 177 Å². The van der Waals surface area contributed by atoms with Crippen molar-refractivity contribution in [2.75, 3.05) is 18.9 Å². The van der Waals surface area contributed by atoms with Crippen molar-refractivity contribution in [1.82, 2.24) is 9.55 Å². The Balaban J connectivity index is 1.58. The molecule has 30 heavy (non-hydrogen) atoms. The number of ether oxygens (including phenoxy) is 1. The number of fused-ring (bicyclic) bond motifs is 1. The number of nitrogen functional groups attached to an aromatic ring is 1. The van der Waals surface area contributed by atoms with Gasteiger partial charge < -0.3 is 10.5 Å². The number of hydrogen-bond acceptors (Lipinski definition) is 10. The Morgan fingerprint density at radius 3 is 2.90 bits per heavy atom. The Bertz CT molecular complexity index is 885. The molecule has 1 aromatic heterocycles. The maximum atomic E-state index is 15.1. The minimum atomic E-state index is -4.00. The van der Waals surface area contributed by atoms with Crippen LogP contribution in [0.25, 0.3) is 0 Å². The molecule has 6 atom stereocenters. The molecule has 3 rings (SSSR count). The summed E-state index contributed by atoms with van der Waals surface area (Å²) in [5.41, 5.74) is 4.79. The highest BCUT2D eigenvalue weighted by molar-refractivity contribution is 8.00. The Morgan fingerprint density at radius 1 is 1.50 bits per heavy atom. The lowest BCUT2D eigenvalue weighted by molar-refractivity contribution is -0.152. The normalized spacial score (nSPS) is 32.0. The molecule has 2 fully saturated rings. The van der Waals surface area contributed by atoms with Gasteiger partial charge in [-0.1, -0.05) is 6.92 Å². The van der Waals surface area contributed by atoms with E-state index in [4.69, 9.17) is 24.0 Å². The monoisotopic (exact) mass is 465 g/mol. The molecule has 1 aromatic rings. The lowest BCUT2D eigenvalue weighted by Gasteiger charge is -2.31. The number of alkyl halides is 1. The molecule has 0 amide bonds. The van der Waals surface area contributed by atoms with E-state index in [9.17, 15) is 14.2 Å². The number of phosphoric ester groups is 1. The van der Waals surface area contributed by atoms with Crippen LogP contribution in [0.5, 0.6) is 0 Å². The van der Waals surface area contributed by atoms with E-state index in [1.165, 1.54) is 12.3 Å². The largest absolute Gasteiger partial charge is 0.475 e. The molecule has 1 unspecified atom stereocenters. The Hall–Kier alpha value is -1.46. The summed E-state index contributed by atoms with van der Waals surface area (Å²) < 4.78 is 49.9. The molecule has 0 spiro atoms. The molecule has 0 saturated carbocycles. The lowest BCUT2D eigenvalue weighted by atomic mass is 10.1. The van der Waals surface area contributed by atoms with Crippen molar-refractivity contribution in [2.45, 2.75) is 56.2 Å². The number of rotatable bonds is 7. The fourth-order valence-electron chi connectivity index (χ4n) is 3.02. The van der Waals surface area contributed by atoms with Crippen LogP contribution < -0.4 is 11.4 Å². The minimum absolute atomic E-state index is 0.0380. The van der Waals surface area contributed by atoms with Gasteiger partial charge in [-0.2, -0.15) is 4.98 Å². The lowest BCUT2D eigenvalue weighted by Crippen LogP contribution is -2.38. The summed E-state index contributed by atoms with van der Waals surface area (Å²) in [6.45, 7) is 5.00. The number of halogens is 1. The van der Waals surface area contributed by atoms with Gasteiger partial charge in [-0.25, -0.2) is 13.8 Å². The van der Waals surface area contributed by atoms with Crippen LogP contribution in [0, 0.1) is 5.92 Å². The minimum Gasteiger partial charge on any atom is -0.463 e. The van der Waals surface area contributed by atoms with Crippen molar-refractivity contribution in [3.63, 3.8) is 0 Å². The van der Waals surface area contributed by atoms with Gasteiger partial charge in [-0.05, 0) is 26.3 Å². The number of phosphoric acid groups is 1. The van der Waals surface area contributed by atoms with Crippen LogP contribution >= 0.6 is 19.6 Å². The Kier molecular flexibility index (Phi) is 7.24. The number of thioether (sulfide) groups is 1. The number of carbonyl (C=O) groups is 1. The topological polar surface area (TPSA) is 132 Å². The molecule has 2 aliphatic heterocycles. The molecule has 10 nitrogen and oxygen atoms in total. The second-order valence-electron chi connectivity index (χ2n) is 7.37. The molecule has 13 heteroatoms. The van der Waals surface area contributed by atoms with Gasteiger partial charge in [0.15, 0.2) is 6.17 Å². The Morgan fingerprint density at radius 2 is 2.23 bits per heavy atom. The predicted molar refractivity (Wildman–Crippen MR) is 108 cm³/mol. The number of anilines is 1. The second kappa shape index (κ2) is 9.35. The molecule has 2 aliphatic rings. The van der Waals surface area contributed by atoms with Crippen LogP contribution in [0.4, 0.5) is 10.2 Å². The zero-order valence-electron chi connectivity index (χ0n) is 16.8. The third-order valence-electron chi connectivity index (χ3n) is 4.59. The zero-order valence-corrected chi connectivity index (χ0v) is 18.5. The van der Waals surface area contributed by atoms with Crippen LogP contribution in [-0.4, -0.2) is 52.4 Å². The van der Waals surface area contributed by atoms with E-state index in [0.29, 0.717) is 0 Å². The van der Waals surface area contributed by atoms with Crippen LogP contribution in [0.2, 0.25) is 0 Å². The van der Waals surface area contributed by atoms with Crippen molar-refractivity contribution >= 4 is 31.4 Å². The predicted octanol–water partition coefficient (Wildman–Crippen LogP) is 2.30. The van der Waals surface area contributed by atoms with Gasteiger partial charge >= 0.3 is 19.5 Å². The SMILES string of the molecule is CC(C)OC(=O)[C@H](C)CCOP1(=O)OC[C@H]2S[C@@H](n3ccc(N)nc3=O)[C@@H](F)[C@@H]2O1. The fraction of sp³-hybridized carbons (Fsp3) is 0.706. The third-order valence-corrected chi connectivity index (χ3v) is 7.58. The number of carbonyl (C=O) groups excluding carboxylic acids is 1. The van der Waals surface area contributed by atoms with E-state index in [0.717, 1.165) is 16.3 Å². The van der Waals surface area contributed by atoms with Gasteiger partial charge in [0.05, 0.1) is 30.5 Å². The summed E-state index contributed by atoms with van der Waals surface area (Å²) in [7, 11) is -4.00. The number of nitrogens with zero attached hydrogens (tertiary/aromatic N) is 2. The zero-order chi connectivity index (χ0) is 22.1. The summed E-state index contributed by atoms with van der Waals surface area (Å²) in [6, 6.07) is 1.40. The van der Waals surface area contributed by atoms with Crippen molar-refractivity contribution in [3.8, 4) is 0 Å². The van der Waals surface area contributed by atoms with Gasteiger partial charge in [0.1, 0.15) is 17.3 Å². The van der Waals surface area contributed by atoms with Crippen molar-refractivity contribution in [1.29, 1.82) is 0 Å². The first-order chi connectivity index (χ1) is 14.1. The number of esters is 1. The van der Waals surface area contributed by atoms with E-state index in [1.807, 2.05) is 0 Å². The van der Waals surface area contributed by atoms with E-state index in [-0.39, 0.29) is 37.5 Å². The average molecular weight is 465 g/mol. The third kappa shape index (κ3) is 5.23. The quantitative estimate of drug-likeness (QED) is 0.472. The standard InChI is InChI=1S/C17H25FN3O7PS/c1-9(2)27-16(22)10(3)5-7-25-29(24)26-8-11-14(28-29)13(18)15(30-11)21-6-4-12(19)20-17(21)23/h4,6,9-11,13-15H,5,7-8H2,1-3H3,(H2,19,20,23)/t10-,11-,13+,14-,15-,29?/m1/s1.